The zero-order valence-electron chi connectivity index (χ0n) is 19.4. The number of fused-ring (bicyclic) bond motifs is 2. The number of ether oxygens (including phenoxy) is 2. The van der Waals surface area contributed by atoms with Gasteiger partial charge >= 0.3 is 0 Å². The van der Waals surface area contributed by atoms with Gasteiger partial charge in [-0.25, -0.2) is 0 Å². The second-order valence-electron chi connectivity index (χ2n) is 9.00. The predicted molar refractivity (Wildman–Crippen MR) is 137 cm³/mol. The van der Waals surface area contributed by atoms with Crippen LogP contribution in [0.2, 0.25) is 0 Å². The summed E-state index contributed by atoms with van der Waals surface area (Å²) in [6.45, 7) is 2.29. The van der Waals surface area contributed by atoms with Gasteiger partial charge in [0.25, 0.3) is 0 Å². The monoisotopic (exact) mass is 459 g/mol. The predicted octanol–water partition coefficient (Wildman–Crippen LogP) is 7.00. The van der Waals surface area contributed by atoms with E-state index >= 15 is 0 Å². The molecule has 0 aliphatic carbocycles. The molecular formula is C31H25NO3. The van der Waals surface area contributed by atoms with Crippen molar-refractivity contribution in [3.8, 4) is 11.5 Å². The fourth-order valence-corrected chi connectivity index (χ4v) is 5.12. The van der Waals surface area contributed by atoms with Gasteiger partial charge in [0.2, 0.25) is 6.79 Å². The van der Waals surface area contributed by atoms with Crippen LogP contribution < -0.4 is 9.47 Å². The Balaban J connectivity index is 1.60. The average Bonchev–Trinajstić information content (AvgIpc) is 3.54. The summed E-state index contributed by atoms with van der Waals surface area (Å²) in [4.78, 5) is 17.7. The first-order chi connectivity index (χ1) is 17.2. The molecular weight excluding hydrogens is 434 g/mol. The van der Waals surface area contributed by atoms with Crippen molar-refractivity contribution in [3.63, 3.8) is 0 Å². The molecule has 172 valence electrons. The largest absolute Gasteiger partial charge is 0.454 e. The Bertz CT molecular complexity index is 1500. The van der Waals surface area contributed by atoms with Crippen LogP contribution >= 0.6 is 0 Å². The number of aromatic amines is 1. The van der Waals surface area contributed by atoms with Crippen molar-refractivity contribution in [2.24, 2.45) is 0 Å². The van der Waals surface area contributed by atoms with Crippen LogP contribution in [-0.2, 0) is 0 Å². The van der Waals surface area contributed by atoms with E-state index in [0.29, 0.717) is 11.3 Å². The first kappa shape index (κ1) is 21.2. The van der Waals surface area contributed by atoms with Gasteiger partial charge in [0.15, 0.2) is 17.3 Å². The number of ketones is 1. The van der Waals surface area contributed by atoms with E-state index in [-0.39, 0.29) is 18.5 Å². The summed E-state index contributed by atoms with van der Waals surface area (Å²) < 4.78 is 11.3. The molecule has 0 spiro atoms. The molecule has 1 aromatic heterocycles. The highest BCUT2D eigenvalue weighted by molar-refractivity contribution is 6.02. The Morgan fingerprint density at radius 1 is 0.800 bits per heavy atom. The average molecular weight is 460 g/mol. The van der Waals surface area contributed by atoms with Gasteiger partial charge in [-0.15, -0.1) is 0 Å². The number of benzene rings is 4. The highest BCUT2D eigenvalue weighted by Crippen LogP contribution is 2.45. The maximum atomic E-state index is 14.2. The zero-order valence-corrected chi connectivity index (χ0v) is 19.4. The number of hydrogen-bond acceptors (Lipinski definition) is 3. The second-order valence-corrected chi connectivity index (χ2v) is 9.00. The quantitative estimate of drug-likeness (QED) is 0.278. The Kier molecular flexibility index (Phi) is 5.34. The lowest BCUT2D eigenvalue weighted by atomic mass is 9.73. The molecule has 5 aromatic rings. The topological polar surface area (TPSA) is 51.3 Å². The number of Topliss-reactive ketones (excluding diaryl/α,β-unsaturated/α-hetero) is 1. The van der Waals surface area contributed by atoms with Gasteiger partial charge in [0.05, 0.1) is 5.92 Å². The maximum Gasteiger partial charge on any atom is 0.231 e. The van der Waals surface area contributed by atoms with Crippen LogP contribution in [0.4, 0.5) is 0 Å². The van der Waals surface area contributed by atoms with E-state index in [2.05, 4.69) is 36.2 Å². The van der Waals surface area contributed by atoms with E-state index in [4.69, 9.17) is 9.47 Å². The van der Waals surface area contributed by atoms with E-state index in [1.165, 1.54) is 5.56 Å². The Labute approximate surface area is 204 Å². The van der Waals surface area contributed by atoms with Crippen molar-refractivity contribution in [1.82, 2.24) is 4.98 Å². The first-order valence-electron chi connectivity index (χ1n) is 11.8. The molecule has 4 heteroatoms. The van der Waals surface area contributed by atoms with Crippen LogP contribution in [0.15, 0.2) is 103 Å². The lowest BCUT2D eigenvalue weighted by Gasteiger charge is -2.28. The summed E-state index contributed by atoms with van der Waals surface area (Å²) in [5.74, 6) is 0.853. The van der Waals surface area contributed by atoms with E-state index in [1.807, 2.05) is 79.0 Å². The first-order valence-corrected chi connectivity index (χ1v) is 11.8. The summed E-state index contributed by atoms with van der Waals surface area (Å²) in [6.07, 6.45) is 2.05. The molecule has 0 amide bonds. The Hall–Kier alpha value is -4.31. The number of H-pyrrole nitrogens is 1. The highest BCUT2D eigenvalue weighted by Gasteiger charge is 2.35. The van der Waals surface area contributed by atoms with Crippen LogP contribution in [-0.4, -0.2) is 17.6 Å². The van der Waals surface area contributed by atoms with Crippen molar-refractivity contribution < 1.29 is 14.3 Å². The number of nitrogens with one attached hydrogen (secondary N) is 1. The van der Waals surface area contributed by atoms with Crippen LogP contribution in [0, 0.1) is 6.92 Å². The van der Waals surface area contributed by atoms with Gasteiger partial charge < -0.3 is 14.5 Å². The molecule has 6 rings (SSSR count). The molecule has 1 aliphatic heterocycles. The molecule has 2 atom stereocenters. The summed E-state index contributed by atoms with van der Waals surface area (Å²) in [5.41, 5.74) is 6.01. The summed E-state index contributed by atoms with van der Waals surface area (Å²) in [7, 11) is 0. The van der Waals surface area contributed by atoms with E-state index in [9.17, 15) is 4.79 Å². The third kappa shape index (κ3) is 3.87. The maximum absolute atomic E-state index is 14.2. The van der Waals surface area contributed by atoms with Crippen LogP contribution in [0.25, 0.3) is 10.9 Å². The molecule has 1 aliphatic rings. The molecule has 0 fully saturated rings. The lowest BCUT2D eigenvalue weighted by molar-refractivity contribution is 0.0951. The van der Waals surface area contributed by atoms with E-state index in [1.54, 1.807) is 0 Å². The van der Waals surface area contributed by atoms with E-state index < -0.39 is 5.92 Å². The SMILES string of the molecule is Cc1ccc2c(C(c3ccc4c(c3)OCO4)C(C(=O)c3ccccc3)c3ccccc3)c[nH]c2c1. The number of hydrogen-bond donors (Lipinski definition) is 1. The fraction of sp³-hybridized carbons (Fsp3) is 0.129. The zero-order chi connectivity index (χ0) is 23.8. The minimum Gasteiger partial charge on any atom is -0.454 e. The minimum atomic E-state index is -0.431. The van der Waals surface area contributed by atoms with E-state index in [0.717, 1.165) is 33.3 Å². The normalized spacial score (nSPS) is 14.1. The molecule has 0 saturated heterocycles. The highest BCUT2D eigenvalue weighted by atomic mass is 16.7. The number of carbonyl (C=O) groups is 1. The van der Waals surface area contributed by atoms with Crippen molar-refractivity contribution in [1.29, 1.82) is 0 Å². The second kappa shape index (κ2) is 8.80. The van der Waals surface area contributed by atoms with Gasteiger partial charge in [-0.1, -0.05) is 78.9 Å². The van der Waals surface area contributed by atoms with Gasteiger partial charge in [0, 0.05) is 28.6 Å². The minimum absolute atomic E-state index is 0.0842. The van der Waals surface area contributed by atoms with Gasteiger partial charge in [0.1, 0.15) is 0 Å². The van der Waals surface area contributed by atoms with Crippen LogP contribution in [0.3, 0.4) is 0 Å². The standard InChI is InChI=1S/C31H25NO3/c1-20-12-14-24-25(18-32-26(24)16-20)29(23-13-15-27-28(17-23)35-19-34-27)30(21-8-4-2-5-9-21)31(33)22-10-6-3-7-11-22/h2-18,29-30,32H,19H2,1H3. The van der Waals surface area contributed by atoms with Crippen LogP contribution in [0.5, 0.6) is 11.5 Å². The van der Waals surface area contributed by atoms with Gasteiger partial charge in [-0.05, 0) is 47.4 Å². The smallest absolute Gasteiger partial charge is 0.231 e. The lowest BCUT2D eigenvalue weighted by Crippen LogP contribution is -2.22. The number of aromatic nitrogens is 1. The molecule has 0 radical (unpaired) electrons. The molecule has 0 saturated carbocycles. The Morgan fingerprint density at radius 3 is 2.34 bits per heavy atom. The summed E-state index contributed by atoms with van der Waals surface area (Å²) in [6, 6.07) is 32.1. The molecule has 4 aromatic carbocycles. The van der Waals surface area contributed by atoms with Crippen molar-refractivity contribution in [2.75, 3.05) is 6.79 Å². The third-order valence-corrected chi connectivity index (χ3v) is 6.79. The molecule has 0 bridgehead atoms. The molecule has 2 heterocycles. The number of rotatable bonds is 6. The Morgan fingerprint density at radius 2 is 1.54 bits per heavy atom. The fourth-order valence-electron chi connectivity index (χ4n) is 5.12. The molecule has 4 nitrogen and oxygen atoms in total. The van der Waals surface area contributed by atoms with Crippen molar-refractivity contribution >= 4 is 16.7 Å². The molecule has 1 N–H and O–H groups in total. The third-order valence-electron chi connectivity index (χ3n) is 6.79. The molecule has 2 unspecified atom stereocenters. The van der Waals surface area contributed by atoms with Crippen molar-refractivity contribution in [2.45, 2.75) is 18.8 Å². The van der Waals surface area contributed by atoms with Gasteiger partial charge in [-0.3, -0.25) is 4.79 Å². The van der Waals surface area contributed by atoms with Gasteiger partial charge in [-0.2, -0.15) is 0 Å². The van der Waals surface area contributed by atoms with Crippen LogP contribution in [0.1, 0.15) is 44.4 Å². The van der Waals surface area contributed by atoms with Crippen molar-refractivity contribution in [3.05, 3.63) is 131 Å². The molecule has 35 heavy (non-hydrogen) atoms. The number of carbonyl (C=O) groups excluding carboxylic acids is 1. The summed E-state index contributed by atoms with van der Waals surface area (Å²) >= 11 is 0. The number of aryl methyl sites for hydroxylation is 1. The summed E-state index contributed by atoms with van der Waals surface area (Å²) in [5, 5.41) is 1.11.